The molecule has 3 heterocycles. The second-order valence-electron chi connectivity index (χ2n) is 9.15. The highest BCUT2D eigenvalue weighted by Crippen LogP contribution is 2.38. The van der Waals surface area contributed by atoms with E-state index in [1.54, 1.807) is 49.7 Å². The van der Waals surface area contributed by atoms with Gasteiger partial charge in [0.15, 0.2) is 5.65 Å². The molecule has 5 rings (SSSR count). The number of ether oxygens (including phenoxy) is 1. The van der Waals surface area contributed by atoms with E-state index in [4.69, 9.17) is 9.72 Å². The molecule has 1 fully saturated rings. The van der Waals surface area contributed by atoms with Crippen molar-refractivity contribution in [2.24, 2.45) is 5.92 Å². The second-order valence-corrected chi connectivity index (χ2v) is 12.9. The van der Waals surface area contributed by atoms with Crippen LogP contribution in [0.4, 0.5) is 0 Å². The van der Waals surface area contributed by atoms with Gasteiger partial charge in [0.25, 0.3) is 10.0 Å². The van der Waals surface area contributed by atoms with Crippen LogP contribution in [0.2, 0.25) is 0 Å². The Morgan fingerprint density at radius 3 is 2.44 bits per heavy atom. The van der Waals surface area contributed by atoms with Crippen molar-refractivity contribution in [3.05, 3.63) is 54.6 Å². The van der Waals surface area contributed by atoms with E-state index in [9.17, 15) is 16.8 Å². The number of sulfonamides is 1. The number of pyridine rings is 1. The zero-order valence-electron chi connectivity index (χ0n) is 20.2. The summed E-state index contributed by atoms with van der Waals surface area (Å²) in [4.78, 5) is 9.42. The van der Waals surface area contributed by atoms with Gasteiger partial charge in [0.1, 0.15) is 17.9 Å². The number of rotatable bonds is 8. The van der Waals surface area contributed by atoms with Gasteiger partial charge in [-0.05, 0) is 56.8 Å². The van der Waals surface area contributed by atoms with E-state index in [0.29, 0.717) is 23.2 Å². The molecular formula is C24H29N5O5S2. The van der Waals surface area contributed by atoms with Gasteiger partial charge >= 0.3 is 0 Å². The van der Waals surface area contributed by atoms with E-state index >= 15 is 0 Å². The van der Waals surface area contributed by atoms with Crippen LogP contribution in [-0.2, 0) is 31.4 Å². The van der Waals surface area contributed by atoms with Crippen LogP contribution in [0, 0.1) is 5.92 Å². The first-order chi connectivity index (χ1) is 17.2. The lowest BCUT2D eigenvalue weighted by molar-refractivity contribution is 0.169. The molecule has 1 N–H and O–H groups in total. The fourth-order valence-electron chi connectivity index (χ4n) is 5.18. The smallest absolute Gasteiger partial charge is 0.269 e. The molecule has 10 nitrogen and oxygen atoms in total. The third-order valence-electron chi connectivity index (χ3n) is 6.92. The Balaban J connectivity index is 1.57. The average Bonchev–Trinajstić information content (AvgIpc) is 3.47. The first kappa shape index (κ1) is 24.9. The molecule has 0 spiro atoms. The summed E-state index contributed by atoms with van der Waals surface area (Å²) < 4.78 is 61.9. The van der Waals surface area contributed by atoms with Crippen molar-refractivity contribution < 1.29 is 21.6 Å². The van der Waals surface area contributed by atoms with Crippen LogP contribution in [0.25, 0.3) is 22.1 Å². The minimum atomic E-state index is -3.82. The van der Waals surface area contributed by atoms with Crippen LogP contribution in [0.1, 0.15) is 37.5 Å². The fraction of sp³-hybridized carbons (Fsp3) is 0.417. The molecule has 1 saturated carbocycles. The van der Waals surface area contributed by atoms with Crippen molar-refractivity contribution in [1.29, 1.82) is 0 Å². The second kappa shape index (κ2) is 9.58. The number of fused-ring (bicyclic) bond motifs is 3. The molecule has 36 heavy (non-hydrogen) atoms. The molecule has 4 aromatic rings. The van der Waals surface area contributed by atoms with Gasteiger partial charge in [-0.25, -0.2) is 35.5 Å². The summed E-state index contributed by atoms with van der Waals surface area (Å²) in [6.07, 6.45) is 6.27. The van der Waals surface area contributed by atoms with Gasteiger partial charge in [-0.2, -0.15) is 0 Å². The number of methoxy groups -OCH3 is 1. The minimum Gasteiger partial charge on any atom is -0.377 e. The Bertz CT molecular complexity index is 1600. The Morgan fingerprint density at radius 2 is 1.78 bits per heavy atom. The van der Waals surface area contributed by atoms with Gasteiger partial charge in [0.05, 0.1) is 22.4 Å². The predicted octanol–water partition coefficient (Wildman–Crippen LogP) is 3.05. The Hall–Kier alpha value is -2.80. The van der Waals surface area contributed by atoms with Gasteiger partial charge in [0, 0.05) is 24.7 Å². The average molecular weight is 532 g/mol. The summed E-state index contributed by atoms with van der Waals surface area (Å²) in [5.41, 5.74) is 1.83. The lowest BCUT2D eigenvalue weighted by atomic mass is 9.87. The van der Waals surface area contributed by atoms with Crippen molar-refractivity contribution >= 4 is 42.1 Å². The highest BCUT2D eigenvalue weighted by atomic mass is 32.2. The molecule has 192 valence electrons. The first-order valence-electron chi connectivity index (χ1n) is 11.8. The molecule has 0 amide bonds. The third-order valence-corrected chi connectivity index (χ3v) is 10.1. The van der Waals surface area contributed by atoms with Gasteiger partial charge in [-0.3, -0.25) is 0 Å². The van der Waals surface area contributed by atoms with Crippen LogP contribution in [-0.4, -0.2) is 55.3 Å². The summed E-state index contributed by atoms with van der Waals surface area (Å²) in [6, 6.07) is 10.1. The lowest BCUT2D eigenvalue weighted by Gasteiger charge is -2.30. The summed E-state index contributed by atoms with van der Waals surface area (Å²) >= 11 is 0. The number of benzene rings is 1. The molecule has 12 heteroatoms. The number of nitrogens with zero attached hydrogens (tertiary/aromatic N) is 4. The monoisotopic (exact) mass is 531 g/mol. The summed E-state index contributed by atoms with van der Waals surface area (Å²) in [6.45, 7) is 0.299. The molecule has 1 aliphatic carbocycles. The number of hydrogen-bond donors (Lipinski definition) is 1. The molecule has 1 aliphatic rings. The molecule has 0 bridgehead atoms. The number of hydrogen-bond acceptors (Lipinski definition) is 7. The van der Waals surface area contributed by atoms with Crippen LogP contribution in [0.15, 0.2) is 53.7 Å². The molecule has 3 aromatic heterocycles. The van der Waals surface area contributed by atoms with Crippen molar-refractivity contribution in [2.45, 2.75) is 43.2 Å². The molecular weight excluding hydrogens is 502 g/mol. The van der Waals surface area contributed by atoms with Gasteiger partial charge in [0.2, 0.25) is 10.0 Å². The minimum absolute atomic E-state index is 0.0911. The van der Waals surface area contributed by atoms with E-state index < -0.39 is 20.0 Å². The highest BCUT2D eigenvalue weighted by Gasteiger charge is 2.30. The van der Waals surface area contributed by atoms with Crippen molar-refractivity contribution in [2.75, 3.05) is 19.9 Å². The van der Waals surface area contributed by atoms with Crippen LogP contribution in [0.5, 0.6) is 0 Å². The number of imidazole rings is 1. The molecule has 1 aromatic carbocycles. The number of nitrogens with one attached hydrogen (secondary N) is 1. The summed E-state index contributed by atoms with van der Waals surface area (Å²) in [7, 11) is -4.03. The van der Waals surface area contributed by atoms with Gasteiger partial charge in [-0.15, -0.1) is 0 Å². The SMILES string of the molecule is CNS(=O)(=O)CC1CCC(n2c(COC)nc3cnc4c(ccn4S(=O)(=O)c4ccccc4)c32)CC1. The molecule has 0 aliphatic heterocycles. The van der Waals surface area contributed by atoms with E-state index in [-0.39, 0.29) is 22.6 Å². The Morgan fingerprint density at radius 1 is 1.06 bits per heavy atom. The van der Waals surface area contributed by atoms with E-state index in [1.165, 1.54) is 17.2 Å². The maximum absolute atomic E-state index is 13.3. The van der Waals surface area contributed by atoms with Crippen LogP contribution >= 0.6 is 0 Å². The maximum atomic E-state index is 13.3. The third kappa shape index (κ3) is 4.42. The van der Waals surface area contributed by atoms with Crippen LogP contribution in [0.3, 0.4) is 0 Å². The van der Waals surface area contributed by atoms with Gasteiger partial charge < -0.3 is 9.30 Å². The molecule has 0 atom stereocenters. The Labute approximate surface area is 210 Å². The van der Waals surface area contributed by atoms with Crippen molar-refractivity contribution in [3.8, 4) is 0 Å². The lowest BCUT2D eigenvalue weighted by Crippen LogP contribution is -2.29. The van der Waals surface area contributed by atoms with E-state index in [1.807, 2.05) is 0 Å². The highest BCUT2D eigenvalue weighted by molar-refractivity contribution is 7.90. The zero-order chi connectivity index (χ0) is 25.5. The summed E-state index contributed by atoms with van der Waals surface area (Å²) in [5, 5.41) is 0.696. The molecule has 0 unspecified atom stereocenters. The predicted molar refractivity (Wildman–Crippen MR) is 137 cm³/mol. The zero-order valence-corrected chi connectivity index (χ0v) is 21.8. The summed E-state index contributed by atoms with van der Waals surface area (Å²) in [5.74, 6) is 0.963. The topological polar surface area (TPSA) is 125 Å². The van der Waals surface area contributed by atoms with Crippen molar-refractivity contribution in [3.63, 3.8) is 0 Å². The van der Waals surface area contributed by atoms with Gasteiger partial charge in [-0.1, -0.05) is 18.2 Å². The van der Waals surface area contributed by atoms with E-state index in [2.05, 4.69) is 14.3 Å². The van der Waals surface area contributed by atoms with Crippen molar-refractivity contribution in [1.82, 2.24) is 23.2 Å². The van der Waals surface area contributed by atoms with Crippen LogP contribution < -0.4 is 4.72 Å². The number of aromatic nitrogens is 4. The molecule has 0 saturated heterocycles. The van der Waals surface area contributed by atoms with E-state index in [0.717, 1.165) is 37.0 Å². The fourth-order valence-corrected chi connectivity index (χ4v) is 7.63. The largest absolute Gasteiger partial charge is 0.377 e. The standard InChI is InChI=1S/C24H29N5O5S2/c1-25-35(30,31)16-17-8-10-18(11-9-17)29-22(15-34-2)27-21-14-26-24-20(23(21)29)12-13-28(24)36(32,33)19-6-4-3-5-7-19/h3-7,12-14,17-18,25H,8-11,15-16H2,1-2H3. The first-order valence-corrected chi connectivity index (χ1v) is 14.9. The Kier molecular flexibility index (Phi) is 6.62. The quantitative estimate of drug-likeness (QED) is 0.370. The normalized spacial score (nSPS) is 19.3. The maximum Gasteiger partial charge on any atom is 0.269 e. The molecule has 0 radical (unpaired) electrons.